The summed E-state index contributed by atoms with van der Waals surface area (Å²) in [6.07, 6.45) is 3.98. The fraction of sp³-hybridized carbons (Fsp3) is 0.312. The molecule has 0 amide bonds. The Morgan fingerprint density at radius 2 is 2.00 bits per heavy atom. The minimum Gasteiger partial charge on any atom is -0.497 e. The van der Waals surface area contributed by atoms with Gasteiger partial charge in [0.15, 0.2) is 9.84 Å². The van der Waals surface area contributed by atoms with Crippen LogP contribution >= 0.6 is 0 Å². The number of ether oxygens (including phenoxy) is 2. The van der Waals surface area contributed by atoms with Crippen molar-refractivity contribution < 1.29 is 17.9 Å². The van der Waals surface area contributed by atoms with Crippen molar-refractivity contribution in [3.05, 3.63) is 47.7 Å². The lowest BCUT2D eigenvalue weighted by molar-refractivity contribution is 0.167. The van der Waals surface area contributed by atoms with E-state index in [1.165, 1.54) is 12.5 Å². The largest absolute Gasteiger partial charge is 0.497 e. The summed E-state index contributed by atoms with van der Waals surface area (Å²) >= 11 is 0. The zero-order valence-electron chi connectivity index (χ0n) is 12.4. The van der Waals surface area contributed by atoms with Crippen molar-refractivity contribution in [2.24, 2.45) is 0 Å². The number of sulfone groups is 1. The summed E-state index contributed by atoms with van der Waals surface area (Å²) in [5, 5.41) is 0. The van der Waals surface area contributed by atoms with Crippen LogP contribution in [0.2, 0.25) is 0 Å². The third-order valence-corrected chi connectivity index (χ3v) is 4.83. The first kappa shape index (κ1) is 14.8. The van der Waals surface area contributed by atoms with Gasteiger partial charge in [-0.1, -0.05) is 12.1 Å². The van der Waals surface area contributed by atoms with Gasteiger partial charge in [-0.2, -0.15) is 0 Å². The van der Waals surface area contributed by atoms with Crippen LogP contribution in [0.5, 0.6) is 11.6 Å². The van der Waals surface area contributed by atoms with Crippen molar-refractivity contribution in [2.75, 3.05) is 13.4 Å². The molecule has 22 heavy (non-hydrogen) atoms. The SMILES string of the molecule is COc1ccc(C2CCc3cc(S(C)(=O)=O)cnc3O2)cc1. The second kappa shape index (κ2) is 5.61. The van der Waals surface area contributed by atoms with Gasteiger partial charge in [0, 0.05) is 18.0 Å². The average molecular weight is 319 g/mol. The van der Waals surface area contributed by atoms with Gasteiger partial charge >= 0.3 is 0 Å². The molecule has 1 aromatic carbocycles. The number of aromatic nitrogens is 1. The van der Waals surface area contributed by atoms with E-state index in [2.05, 4.69) is 4.98 Å². The van der Waals surface area contributed by atoms with E-state index < -0.39 is 9.84 Å². The molecule has 1 unspecified atom stereocenters. The maximum absolute atomic E-state index is 11.6. The summed E-state index contributed by atoms with van der Waals surface area (Å²) in [4.78, 5) is 4.40. The van der Waals surface area contributed by atoms with Gasteiger partial charge in [0.1, 0.15) is 11.9 Å². The molecule has 0 aliphatic carbocycles. The van der Waals surface area contributed by atoms with Gasteiger partial charge < -0.3 is 9.47 Å². The Labute approximate surface area is 129 Å². The van der Waals surface area contributed by atoms with Gasteiger partial charge in [0.05, 0.1) is 12.0 Å². The second-order valence-electron chi connectivity index (χ2n) is 5.33. The topological polar surface area (TPSA) is 65.5 Å². The molecule has 0 radical (unpaired) electrons. The fourth-order valence-corrected chi connectivity index (χ4v) is 3.10. The molecule has 0 N–H and O–H groups in total. The van der Waals surface area contributed by atoms with Crippen LogP contribution in [-0.2, 0) is 16.3 Å². The molecule has 0 saturated heterocycles. The first-order chi connectivity index (χ1) is 10.5. The molecular formula is C16H17NO4S. The molecule has 3 rings (SSSR count). The third kappa shape index (κ3) is 2.92. The van der Waals surface area contributed by atoms with Gasteiger partial charge in [-0.05, 0) is 36.6 Å². The number of benzene rings is 1. The monoisotopic (exact) mass is 319 g/mol. The number of hydrogen-bond acceptors (Lipinski definition) is 5. The number of pyridine rings is 1. The van der Waals surface area contributed by atoms with Crippen LogP contribution < -0.4 is 9.47 Å². The second-order valence-corrected chi connectivity index (χ2v) is 7.34. The summed E-state index contributed by atoms with van der Waals surface area (Å²) in [6, 6.07) is 9.39. The molecule has 1 atom stereocenters. The van der Waals surface area contributed by atoms with Crippen LogP contribution in [0.3, 0.4) is 0 Å². The van der Waals surface area contributed by atoms with Crippen LogP contribution in [-0.4, -0.2) is 26.8 Å². The molecule has 0 saturated carbocycles. The fourth-order valence-electron chi connectivity index (χ4n) is 2.50. The minimum atomic E-state index is -3.24. The van der Waals surface area contributed by atoms with Crippen LogP contribution in [0.25, 0.3) is 0 Å². The highest BCUT2D eigenvalue weighted by Crippen LogP contribution is 2.34. The Balaban J connectivity index is 1.84. The number of fused-ring (bicyclic) bond motifs is 1. The van der Waals surface area contributed by atoms with Crippen LogP contribution in [0.4, 0.5) is 0 Å². The number of aryl methyl sites for hydroxylation is 1. The van der Waals surface area contributed by atoms with Crippen molar-refractivity contribution in [1.29, 1.82) is 0 Å². The zero-order chi connectivity index (χ0) is 15.7. The van der Waals surface area contributed by atoms with Gasteiger partial charge in [0.25, 0.3) is 0 Å². The van der Waals surface area contributed by atoms with E-state index in [-0.39, 0.29) is 11.0 Å². The number of nitrogens with zero attached hydrogens (tertiary/aromatic N) is 1. The highest BCUT2D eigenvalue weighted by Gasteiger charge is 2.24. The molecule has 1 aliphatic heterocycles. The predicted molar refractivity (Wildman–Crippen MR) is 82.0 cm³/mol. The summed E-state index contributed by atoms with van der Waals surface area (Å²) < 4.78 is 34.2. The Kier molecular flexibility index (Phi) is 3.78. The van der Waals surface area contributed by atoms with Gasteiger partial charge in [-0.3, -0.25) is 0 Å². The van der Waals surface area contributed by atoms with Crippen LogP contribution in [0.1, 0.15) is 23.7 Å². The molecule has 6 heteroatoms. The van der Waals surface area contributed by atoms with E-state index in [4.69, 9.17) is 9.47 Å². The molecule has 1 aromatic heterocycles. The number of hydrogen-bond donors (Lipinski definition) is 0. The Hall–Kier alpha value is -2.08. The smallest absolute Gasteiger partial charge is 0.217 e. The lowest BCUT2D eigenvalue weighted by Gasteiger charge is -2.25. The standard InChI is InChI=1S/C16H17NO4S/c1-20-13-6-3-11(4-7-13)15-8-5-12-9-14(22(2,18)19)10-17-16(12)21-15/h3-4,6-7,9-10,15H,5,8H2,1-2H3. The Morgan fingerprint density at radius 3 is 2.64 bits per heavy atom. The average Bonchev–Trinajstić information content (AvgIpc) is 2.53. The predicted octanol–water partition coefficient (Wildman–Crippen LogP) is 2.56. The number of methoxy groups -OCH3 is 1. The van der Waals surface area contributed by atoms with E-state index in [1.54, 1.807) is 13.2 Å². The normalized spacial score (nSPS) is 17.5. The first-order valence-electron chi connectivity index (χ1n) is 6.97. The summed E-state index contributed by atoms with van der Waals surface area (Å²) in [7, 11) is -1.61. The van der Waals surface area contributed by atoms with E-state index in [0.717, 1.165) is 29.7 Å². The molecule has 0 bridgehead atoms. The molecule has 0 spiro atoms. The first-order valence-corrected chi connectivity index (χ1v) is 8.86. The minimum absolute atomic E-state index is 0.0741. The van der Waals surface area contributed by atoms with E-state index in [0.29, 0.717) is 5.88 Å². The number of rotatable bonds is 3. The van der Waals surface area contributed by atoms with Crippen LogP contribution in [0.15, 0.2) is 41.4 Å². The van der Waals surface area contributed by atoms with E-state index >= 15 is 0 Å². The van der Waals surface area contributed by atoms with Gasteiger partial charge in [-0.25, -0.2) is 13.4 Å². The highest BCUT2D eigenvalue weighted by atomic mass is 32.2. The molecule has 5 nitrogen and oxygen atoms in total. The Bertz CT molecular complexity index is 784. The third-order valence-electron chi connectivity index (χ3n) is 3.75. The van der Waals surface area contributed by atoms with Crippen molar-refractivity contribution in [3.8, 4) is 11.6 Å². The van der Waals surface area contributed by atoms with Crippen molar-refractivity contribution in [2.45, 2.75) is 23.8 Å². The van der Waals surface area contributed by atoms with E-state index in [1.807, 2.05) is 24.3 Å². The molecular weight excluding hydrogens is 302 g/mol. The summed E-state index contributed by atoms with van der Waals surface area (Å²) in [6.45, 7) is 0. The quantitative estimate of drug-likeness (QED) is 0.870. The molecule has 2 aromatic rings. The van der Waals surface area contributed by atoms with Gasteiger partial charge in [-0.15, -0.1) is 0 Å². The van der Waals surface area contributed by atoms with Gasteiger partial charge in [0.2, 0.25) is 5.88 Å². The van der Waals surface area contributed by atoms with Crippen molar-refractivity contribution in [3.63, 3.8) is 0 Å². The molecule has 1 aliphatic rings. The maximum Gasteiger partial charge on any atom is 0.217 e. The molecule has 0 fully saturated rings. The molecule has 116 valence electrons. The van der Waals surface area contributed by atoms with Crippen LogP contribution in [0, 0.1) is 0 Å². The molecule has 2 heterocycles. The van der Waals surface area contributed by atoms with E-state index in [9.17, 15) is 8.42 Å². The highest BCUT2D eigenvalue weighted by molar-refractivity contribution is 7.90. The summed E-state index contributed by atoms with van der Waals surface area (Å²) in [5.41, 5.74) is 1.90. The zero-order valence-corrected chi connectivity index (χ0v) is 13.3. The lowest BCUT2D eigenvalue weighted by atomic mass is 9.99. The van der Waals surface area contributed by atoms with Crippen molar-refractivity contribution >= 4 is 9.84 Å². The van der Waals surface area contributed by atoms with Crippen molar-refractivity contribution in [1.82, 2.24) is 4.98 Å². The Morgan fingerprint density at radius 1 is 1.27 bits per heavy atom. The summed E-state index contributed by atoms with van der Waals surface area (Å²) in [5.74, 6) is 1.32. The maximum atomic E-state index is 11.6. The lowest BCUT2D eigenvalue weighted by Crippen LogP contribution is -2.16.